The molecule has 2 heterocycles. The smallest absolute Gasteiger partial charge is 0.251 e. The molecule has 6 rings (SSSR count). The SMILES string of the molecule is COc1c(C(C)(C)O)cc([C@@](O)(CNC(=O)c2cc(OC)c3nn(C4CC4)cc3c2)C2CC2)nc1-c1cc(F)c(F)cc1F. The molecule has 2 aromatic carbocycles. The molecule has 9 nitrogen and oxygen atoms in total. The lowest BCUT2D eigenvalue weighted by Gasteiger charge is -2.31. The Morgan fingerprint density at radius 1 is 1.00 bits per heavy atom. The first-order valence-electron chi connectivity index (χ1n) is 14.4. The number of carbonyl (C=O) groups is 1. The van der Waals surface area contributed by atoms with E-state index >= 15 is 4.39 Å². The highest BCUT2D eigenvalue weighted by Crippen LogP contribution is 2.48. The molecule has 1 atom stereocenters. The maximum Gasteiger partial charge on any atom is 0.251 e. The fourth-order valence-electron chi connectivity index (χ4n) is 5.56. The van der Waals surface area contributed by atoms with Crippen LogP contribution >= 0.6 is 0 Å². The number of carbonyl (C=O) groups excluding carboxylic acids is 1. The van der Waals surface area contributed by atoms with Gasteiger partial charge in [-0.05, 0) is 69.7 Å². The van der Waals surface area contributed by atoms with Gasteiger partial charge in [0.05, 0.1) is 38.1 Å². The first-order chi connectivity index (χ1) is 20.8. The second-order valence-electron chi connectivity index (χ2n) is 12.1. The van der Waals surface area contributed by atoms with E-state index in [0.717, 1.165) is 18.2 Å². The summed E-state index contributed by atoms with van der Waals surface area (Å²) >= 11 is 0. The summed E-state index contributed by atoms with van der Waals surface area (Å²) in [4.78, 5) is 17.9. The first-order valence-corrected chi connectivity index (χ1v) is 14.4. The number of aromatic nitrogens is 3. The lowest BCUT2D eigenvalue weighted by atomic mass is 9.87. The van der Waals surface area contributed by atoms with Crippen LogP contribution in [0.2, 0.25) is 0 Å². The van der Waals surface area contributed by atoms with E-state index in [0.29, 0.717) is 47.8 Å². The van der Waals surface area contributed by atoms with Crippen molar-refractivity contribution >= 4 is 16.8 Å². The third-order valence-electron chi connectivity index (χ3n) is 8.31. The number of methoxy groups -OCH3 is 2. The number of hydrogen-bond donors (Lipinski definition) is 3. The van der Waals surface area contributed by atoms with Crippen molar-refractivity contribution in [1.82, 2.24) is 20.1 Å². The maximum atomic E-state index is 15.0. The number of halogens is 3. The van der Waals surface area contributed by atoms with Crippen LogP contribution < -0.4 is 14.8 Å². The van der Waals surface area contributed by atoms with Crippen LogP contribution in [0.1, 0.15) is 67.2 Å². The predicted molar refractivity (Wildman–Crippen MR) is 155 cm³/mol. The fraction of sp³-hybridized carbons (Fsp3) is 0.406. The summed E-state index contributed by atoms with van der Waals surface area (Å²) in [6.07, 6.45) is 5.20. The molecule has 0 unspecified atom stereocenters. The zero-order chi connectivity index (χ0) is 31.6. The number of ether oxygens (including phenoxy) is 2. The van der Waals surface area contributed by atoms with Crippen molar-refractivity contribution in [3.8, 4) is 22.8 Å². The number of aliphatic hydroxyl groups is 2. The minimum absolute atomic E-state index is 0.0103. The Balaban J connectivity index is 1.39. The van der Waals surface area contributed by atoms with Crippen molar-refractivity contribution < 1.29 is 37.7 Å². The van der Waals surface area contributed by atoms with Crippen LogP contribution in [-0.2, 0) is 11.2 Å². The largest absolute Gasteiger partial charge is 0.494 e. The molecule has 0 aliphatic heterocycles. The molecule has 2 aliphatic rings. The van der Waals surface area contributed by atoms with E-state index in [1.807, 2.05) is 10.9 Å². The van der Waals surface area contributed by atoms with Crippen LogP contribution in [0.3, 0.4) is 0 Å². The highest BCUT2D eigenvalue weighted by molar-refractivity contribution is 5.99. The topological polar surface area (TPSA) is 119 Å². The Bertz CT molecular complexity index is 1780. The first kappa shape index (κ1) is 29.9. The minimum Gasteiger partial charge on any atom is -0.494 e. The van der Waals surface area contributed by atoms with Gasteiger partial charge in [0.2, 0.25) is 0 Å². The summed E-state index contributed by atoms with van der Waals surface area (Å²) in [6, 6.07) is 6.12. The summed E-state index contributed by atoms with van der Waals surface area (Å²) < 4.78 is 56.0. The molecule has 3 N–H and O–H groups in total. The number of amides is 1. The van der Waals surface area contributed by atoms with Crippen molar-refractivity contribution in [2.24, 2.45) is 5.92 Å². The van der Waals surface area contributed by atoms with Gasteiger partial charge in [0.15, 0.2) is 17.4 Å². The second-order valence-corrected chi connectivity index (χ2v) is 12.1. The summed E-state index contributed by atoms with van der Waals surface area (Å²) in [7, 11) is 2.78. The van der Waals surface area contributed by atoms with Crippen molar-refractivity contribution in [2.45, 2.75) is 56.8 Å². The molecule has 0 radical (unpaired) electrons. The van der Waals surface area contributed by atoms with Gasteiger partial charge in [-0.25, -0.2) is 18.2 Å². The van der Waals surface area contributed by atoms with Crippen LogP contribution in [-0.4, -0.2) is 51.6 Å². The average molecular weight is 611 g/mol. The zero-order valence-electron chi connectivity index (χ0n) is 24.7. The fourth-order valence-corrected chi connectivity index (χ4v) is 5.56. The molecule has 44 heavy (non-hydrogen) atoms. The number of nitrogens with one attached hydrogen (secondary N) is 1. The monoisotopic (exact) mass is 610 g/mol. The highest BCUT2D eigenvalue weighted by Gasteiger charge is 2.47. The molecule has 2 saturated carbocycles. The summed E-state index contributed by atoms with van der Waals surface area (Å²) in [6.45, 7) is 2.65. The van der Waals surface area contributed by atoms with E-state index in [-0.39, 0.29) is 35.2 Å². The highest BCUT2D eigenvalue weighted by atomic mass is 19.2. The third kappa shape index (κ3) is 5.36. The van der Waals surface area contributed by atoms with E-state index in [1.165, 1.54) is 34.1 Å². The quantitative estimate of drug-likeness (QED) is 0.213. The van der Waals surface area contributed by atoms with E-state index in [2.05, 4.69) is 15.4 Å². The number of hydrogen-bond acceptors (Lipinski definition) is 7. The van der Waals surface area contributed by atoms with Gasteiger partial charge in [-0.15, -0.1) is 0 Å². The molecule has 4 aromatic rings. The van der Waals surface area contributed by atoms with Crippen molar-refractivity contribution in [3.63, 3.8) is 0 Å². The summed E-state index contributed by atoms with van der Waals surface area (Å²) in [5.41, 5.74) is -2.88. The number of benzene rings is 2. The Kier molecular flexibility index (Phi) is 7.32. The number of fused-ring (bicyclic) bond motifs is 1. The molecular weight excluding hydrogens is 577 g/mol. The van der Waals surface area contributed by atoms with Gasteiger partial charge in [0.1, 0.15) is 28.4 Å². The lowest BCUT2D eigenvalue weighted by Crippen LogP contribution is -2.43. The second kappa shape index (κ2) is 10.8. The zero-order valence-corrected chi connectivity index (χ0v) is 24.7. The molecule has 1 amide bonds. The Morgan fingerprint density at radius 2 is 1.70 bits per heavy atom. The van der Waals surface area contributed by atoms with Gasteiger partial charge in [-0.2, -0.15) is 5.10 Å². The summed E-state index contributed by atoms with van der Waals surface area (Å²) in [5.74, 6) is -4.22. The Morgan fingerprint density at radius 3 is 2.32 bits per heavy atom. The molecule has 12 heteroatoms. The molecule has 2 aliphatic carbocycles. The van der Waals surface area contributed by atoms with E-state index in [4.69, 9.17) is 9.47 Å². The van der Waals surface area contributed by atoms with Crippen LogP contribution in [0, 0.1) is 23.4 Å². The van der Waals surface area contributed by atoms with Gasteiger partial charge in [0.25, 0.3) is 5.91 Å². The molecule has 2 aromatic heterocycles. The van der Waals surface area contributed by atoms with Crippen LogP contribution in [0.5, 0.6) is 11.5 Å². The standard InChI is InChI=1S/C32H33F3N4O5/c1-31(2,41)21-12-26(37-28(29(21)44-4)20-11-23(34)24(35)13-22(20)33)32(42,18-5-6-18)15-36-30(40)16-9-17-14-39(19-7-8-19)38-27(17)25(10-16)43-3/h9-14,18-19,41-42H,5-8,15H2,1-4H3,(H,36,40)/t32-/m1/s1. The van der Waals surface area contributed by atoms with Gasteiger partial charge >= 0.3 is 0 Å². The molecule has 0 saturated heterocycles. The predicted octanol–water partition coefficient (Wildman–Crippen LogP) is 5.12. The maximum absolute atomic E-state index is 15.0. The number of nitrogens with zero attached hydrogens (tertiary/aromatic N) is 3. The van der Waals surface area contributed by atoms with E-state index in [1.54, 1.807) is 12.1 Å². The minimum atomic E-state index is -1.75. The lowest BCUT2D eigenvalue weighted by molar-refractivity contribution is 0.00872. The van der Waals surface area contributed by atoms with Gasteiger partial charge in [0, 0.05) is 34.3 Å². The van der Waals surface area contributed by atoms with Gasteiger partial charge < -0.3 is 25.0 Å². The van der Waals surface area contributed by atoms with Gasteiger partial charge in [-0.3, -0.25) is 9.48 Å². The van der Waals surface area contributed by atoms with Crippen molar-refractivity contribution in [3.05, 3.63) is 70.8 Å². The average Bonchev–Trinajstić information content (AvgIpc) is 3.93. The van der Waals surface area contributed by atoms with Crippen LogP contribution in [0.4, 0.5) is 13.2 Å². The van der Waals surface area contributed by atoms with E-state index < -0.39 is 40.1 Å². The van der Waals surface area contributed by atoms with Crippen LogP contribution in [0.15, 0.2) is 36.5 Å². The van der Waals surface area contributed by atoms with Crippen molar-refractivity contribution in [1.29, 1.82) is 0 Å². The molecule has 2 fully saturated rings. The Labute approximate surface area is 251 Å². The van der Waals surface area contributed by atoms with E-state index in [9.17, 15) is 23.8 Å². The number of pyridine rings is 1. The third-order valence-corrected chi connectivity index (χ3v) is 8.31. The number of rotatable bonds is 10. The molecule has 232 valence electrons. The van der Waals surface area contributed by atoms with Gasteiger partial charge in [-0.1, -0.05) is 0 Å². The van der Waals surface area contributed by atoms with Crippen molar-refractivity contribution in [2.75, 3.05) is 20.8 Å². The summed E-state index contributed by atoms with van der Waals surface area (Å²) in [5, 5.41) is 31.3. The molecular formula is C32H33F3N4O5. The van der Waals surface area contributed by atoms with Crippen LogP contribution in [0.25, 0.3) is 22.2 Å². The normalized spacial score (nSPS) is 16.6. The molecule has 0 spiro atoms. The Hall–Kier alpha value is -4.16. The molecule has 0 bridgehead atoms.